The van der Waals surface area contributed by atoms with Gasteiger partial charge in [0, 0.05) is 18.8 Å². The molecule has 140 valence electrons. The van der Waals surface area contributed by atoms with Crippen molar-refractivity contribution in [3.63, 3.8) is 0 Å². The zero-order chi connectivity index (χ0) is 18.1. The number of carboxylic acids is 1. The van der Waals surface area contributed by atoms with Gasteiger partial charge in [-0.1, -0.05) is 38.0 Å². The summed E-state index contributed by atoms with van der Waals surface area (Å²) < 4.78 is 6.06. The second kappa shape index (κ2) is 10.5. The van der Waals surface area contributed by atoms with E-state index >= 15 is 0 Å². The molecule has 0 aromatic rings. The first kappa shape index (κ1) is 19.9. The van der Waals surface area contributed by atoms with E-state index in [9.17, 15) is 9.59 Å². The molecule has 0 aromatic carbocycles. The number of fused-ring (bicyclic) bond motifs is 2. The monoisotopic (exact) mass is 348 g/mol. The summed E-state index contributed by atoms with van der Waals surface area (Å²) >= 11 is 0. The fraction of sp³-hybridized carbons (Fsp3) is 0.714. The van der Waals surface area contributed by atoms with Gasteiger partial charge in [-0.2, -0.15) is 0 Å². The highest BCUT2D eigenvalue weighted by Gasteiger charge is 2.46. The number of aliphatic carboxylic acids is 1. The van der Waals surface area contributed by atoms with E-state index in [2.05, 4.69) is 25.2 Å². The minimum absolute atomic E-state index is 0.229. The molecule has 4 atom stereocenters. The number of hydrogen-bond acceptors (Lipinski definition) is 3. The molecule has 2 bridgehead atoms. The molecule has 0 unspecified atom stereocenters. The molecule has 0 aromatic heterocycles. The van der Waals surface area contributed by atoms with Gasteiger partial charge in [-0.05, 0) is 50.5 Å². The molecule has 0 saturated carbocycles. The molecule has 25 heavy (non-hydrogen) atoms. The highest BCUT2D eigenvalue weighted by atomic mass is 16.5. The number of allylic oxidation sites excluding steroid dienone is 3. The fourth-order valence-electron chi connectivity index (χ4n) is 3.98. The van der Waals surface area contributed by atoms with Crippen LogP contribution in [0.15, 0.2) is 24.3 Å². The molecule has 4 heteroatoms. The Morgan fingerprint density at radius 1 is 1.08 bits per heavy atom. The Kier molecular flexibility index (Phi) is 8.39. The van der Waals surface area contributed by atoms with E-state index < -0.39 is 5.97 Å². The molecular weight excluding hydrogens is 316 g/mol. The highest BCUT2D eigenvalue weighted by molar-refractivity contribution is 5.89. The van der Waals surface area contributed by atoms with E-state index in [1.807, 2.05) is 0 Å². The molecule has 0 radical (unpaired) electrons. The standard InChI is InChI=1S/C21H32O4/c1-2-3-6-9-16(22)12-13-18-17(19-14-15-20(18)25-19)10-7-4-5-8-11-21(23)24/h4,7,12-13,17-20H,2-3,5-6,8-11,14-15H2,1H3,(H,23,24)/b7-4-,13-12+/t17-,18+,19-,20+/m0/s1. The lowest BCUT2D eigenvalue weighted by Crippen LogP contribution is -2.25. The molecule has 2 aliphatic heterocycles. The summed E-state index contributed by atoms with van der Waals surface area (Å²) in [6, 6.07) is 0. The lowest BCUT2D eigenvalue weighted by atomic mass is 9.77. The quantitative estimate of drug-likeness (QED) is 0.316. The molecule has 2 heterocycles. The van der Waals surface area contributed by atoms with Crippen LogP contribution in [0.1, 0.15) is 71.1 Å². The largest absolute Gasteiger partial charge is 0.481 e. The molecule has 2 rings (SSSR count). The van der Waals surface area contributed by atoms with Crippen LogP contribution in [0.4, 0.5) is 0 Å². The SMILES string of the molecule is CCCCCC(=O)/C=C/[C@@H]1[C@H](C/C=C\CCCC(=O)O)[C@@H]2CC[C@H]1O2. The van der Waals surface area contributed by atoms with Gasteiger partial charge in [-0.25, -0.2) is 0 Å². The second-order valence-corrected chi connectivity index (χ2v) is 7.31. The van der Waals surface area contributed by atoms with Crippen molar-refractivity contribution in [2.24, 2.45) is 11.8 Å². The maximum absolute atomic E-state index is 12.0. The lowest BCUT2D eigenvalue weighted by molar-refractivity contribution is -0.137. The molecule has 1 N–H and O–H groups in total. The van der Waals surface area contributed by atoms with Gasteiger partial charge in [0.25, 0.3) is 0 Å². The third-order valence-corrected chi connectivity index (χ3v) is 5.35. The van der Waals surface area contributed by atoms with Gasteiger partial charge in [-0.3, -0.25) is 9.59 Å². The predicted octanol–water partition coefficient (Wildman–Crippen LogP) is 4.69. The Hall–Kier alpha value is -1.42. The van der Waals surface area contributed by atoms with Crippen molar-refractivity contribution in [2.75, 3.05) is 0 Å². The maximum atomic E-state index is 12.0. The van der Waals surface area contributed by atoms with Crippen LogP contribution >= 0.6 is 0 Å². The summed E-state index contributed by atoms with van der Waals surface area (Å²) in [6.45, 7) is 2.15. The van der Waals surface area contributed by atoms with Crippen molar-refractivity contribution >= 4 is 11.8 Å². The molecule has 2 saturated heterocycles. The first-order valence-electron chi connectivity index (χ1n) is 9.85. The van der Waals surface area contributed by atoms with Crippen LogP contribution in [0.25, 0.3) is 0 Å². The van der Waals surface area contributed by atoms with Crippen molar-refractivity contribution in [3.05, 3.63) is 24.3 Å². The summed E-state index contributed by atoms with van der Waals surface area (Å²) in [5.74, 6) is 0.301. The Balaban J connectivity index is 1.79. The highest BCUT2D eigenvalue weighted by Crippen LogP contribution is 2.45. The van der Waals surface area contributed by atoms with Gasteiger partial charge >= 0.3 is 5.97 Å². The molecule has 4 nitrogen and oxygen atoms in total. The van der Waals surface area contributed by atoms with Gasteiger partial charge in [-0.15, -0.1) is 0 Å². The Morgan fingerprint density at radius 3 is 2.64 bits per heavy atom. The molecule has 0 aliphatic carbocycles. The normalized spacial score (nSPS) is 28.4. The number of unbranched alkanes of at least 4 members (excludes halogenated alkanes) is 3. The first-order chi connectivity index (χ1) is 12.1. The van der Waals surface area contributed by atoms with Crippen LogP contribution in [0.5, 0.6) is 0 Å². The number of carbonyl (C=O) groups excluding carboxylic acids is 1. The topological polar surface area (TPSA) is 63.6 Å². The number of rotatable bonds is 12. The van der Waals surface area contributed by atoms with Crippen molar-refractivity contribution < 1.29 is 19.4 Å². The maximum Gasteiger partial charge on any atom is 0.303 e. The zero-order valence-electron chi connectivity index (χ0n) is 15.4. The Labute approximate surface area is 151 Å². The molecule has 2 aliphatic rings. The molecule has 2 fully saturated rings. The zero-order valence-corrected chi connectivity index (χ0v) is 15.4. The summed E-state index contributed by atoms with van der Waals surface area (Å²) in [5.41, 5.74) is 0. The molecule has 0 spiro atoms. The summed E-state index contributed by atoms with van der Waals surface area (Å²) in [7, 11) is 0. The number of ether oxygens (including phenoxy) is 1. The minimum atomic E-state index is -0.733. The second-order valence-electron chi connectivity index (χ2n) is 7.31. The fourth-order valence-corrected chi connectivity index (χ4v) is 3.98. The summed E-state index contributed by atoms with van der Waals surface area (Å²) in [4.78, 5) is 22.5. The number of carboxylic acid groups (broad SMARTS) is 1. The van der Waals surface area contributed by atoms with Crippen LogP contribution in [0.2, 0.25) is 0 Å². The van der Waals surface area contributed by atoms with Crippen molar-refractivity contribution in [1.82, 2.24) is 0 Å². The molecule has 0 amide bonds. The van der Waals surface area contributed by atoms with Gasteiger partial charge in [0.2, 0.25) is 0 Å². The van der Waals surface area contributed by atoms with Gasteiger partial charge in [0.1, 0.15) is 0 Å². The van der Waals surface area contributed by atoms with E-state index in [0.717, 1.165) is 44.9 Å². The van der Waals surface area contributed by atoms with Gasteiger partial charge < -0.3 is 9.84 Å². The van der Waals surface area contributed by atoms with Crippen LogP contribution < -0.4 is 0 Å². The van der Waals surface area contributed by atoms with E-state index in [0.29, 0.717) is 30.8 Å². The number of carbonyl (C=O) groups is 2. The van der Waals surface area contributed by atoms with Crippen molar-refractivity contribution in [2.45, 2.75) is 83.3 Å². The van der Waals surface area contributed by atoms with E-state index in [4.69, 9.17) is 9.84 Å². The van der Waals surface area contributed by atoms with Crippen LogP contribution in [-0.4, -0.2) is 29.1 Å². The Morgan fingerprint density at radius 2 is 1.88 bits per heavy atom. The van der Waals surface area contributed by atoms with E-state index in [1.165, 1.54) is 0 Å². The average molecular weight is 348 g/mol. The van der Waals surface area contributed by atoms with E-state index in [-0.39, 0.29) is 18.3 Å². The van der Waals surface area contributed by atoms with Gasteiger partial charge in [0.05, 0.1) is 12.2 Å². The Bertz CT molecular complexity index is 494. The number of hydrogen-bond donors (Lipinski definition) is 1. The summed E-state index contributed by atoms with van der Waals surface area (Å²) in [6.07, 6.45) is 17.5. The average Bonchev–Trinajstić information content (AvgIpc) is 3.17. The van der Waals surface area contributed by atoms with Crippen LogP contribution in [0, 0.1) is 11.8 Å². The lowest BCUT2D eigenvalue weighted by Gasteiger charge is -2.24. The third-order valence-electron chi connectivity index (χ3n) is 5.35. The van der Waals surface area contributed by atoms with Crippen LogP contribution in [-0.2, 0) is 14.3 Å². The van der Waals surface area contributed by atoms with Crippen molar-refractivity contribution in [1.29, 1.82) is 0 Å². The third kappa shape index (κ3) is 6.43. The van der Waals surface area contributed by atoms with Crippen LogP contribution in [0.3, 0.4) is 0 Å². The predicted molar refractivity (Wildman–Crippen MR) is 98.4 cm³/mol. The summed E-state index contributed by atoms with van der Waals surface area (Å²) in [5, 5.41) is 8.64. The number of ketones is 1. The van der Waals surface area contributed by atoms with Gasteiger partial charge in [0.15, 0.2) is 5.78 Å². The molecular formula is C21H32O4. The van der Waals surface area contributed by atoms with E-state index in [1.54, 1.807) is 6.08 Å². The minimum Gasteiger partial charge on any atom is -0.481 e. The smallest absolute Gasteiger partial charge is 0.303 e. The van der Waals surface area contributed by atoms with Crippen molar-refractivity contribution in [3.8, 4) is 0 Å². The first-order valence-corrected chi connectivity index (χ1v) is 9.85.